The molecule has 0 radical (unpaired) electrons. The van der Waals surface area contributed by atoms with Crippen LogP contribution < -0.4 is 5.32 Å². The topological polar surface area (TPSA) is 29.1 Å². The average Bonchev–Trinajstić information content (AvgIpc) is 2.19. The van der Waals surface area contributed by atoms with Crippen molar-refractivity contribution < 1.29 is 4.79 Å². The van der Waals surface area contributed by atoms with Gasteiger partial charge in [0.2, 0.25) is 5.91 Å². The van der Waals surface area contributed by atoms with Crippen molar-refractivity contribution in [3.05, 3.63) is 35.9 Å². The fourth-order valence-electron chi connectivity index (χ4n) is 1.11. The average molecular weight is 242 g/mol. The largest absolute Gasteiger partial charge is 0.349 e. The highest BCUT2D eigenvalue weighted by Crippen LogP contribution is 2.10. The van der Waals surface area contributed by atoms with E-state index in [1.165, 1.54) is 0 Å². The van der Waals surface area contributed by atoms with Crippen molar-refractivity contribution in [2.24, 2.45) is 0 Å². The predicted molar refractivity (Wildman–Crippen MR) is 56.8 cm³/mol. The molecule has 0 saturated heterocycles. The molecule has 0 heterocycles. The number of alkyl halides is 1. The van der Waals surface area contributed by atoms with E-state index in [9.17, 15) is 4.79 Å². The van der Waals surface area contributed by atoms with E-state index in [0.717, 1.165) is 5.56 Å². The Bertz CT molecular complexity index is 274. The molecule has 0 fully saturated rings. The van der Waals surface area contributed by atoms with E-state index in [2.05, 4.69) is 21.2 Å². The molecule has 0 saturated carbocycles. The third kappa shape index (κ3) is 3.19. The van der Waals surface area contributed by atoms with Crippen molar-refractivity contribution >= 4 is 21.8 Å². The second kappa shape index (κ2) is 5.02. The summed E-state index contributed by atoms with van der Waals surface area (Å²) < 4.78 is 0. The molecular weight excluding hydrogens is 230 g/mol. The fraction of sp³-hybridized carbons (Fsp3) is 0.300. The maximum Gasteiger partial charge on any atom is 0.231 e. The third-order valence-corrected chi connectivity index (χ3v) is 2.31. The molecule has 1 amide bonds. The first-order valence-electron chi connectivity index (χ1n) is 4.14. The molecule has 70 valence electrons. The van der Waals surface area contributed by atoms with Crippen LogP contribution in [0.5, 0.6) is 0 Å². The van der Waals surface area contributed by atoms with Crippen molar-refractivity contribution in [2.45, 2.75) is 13.0 Å². The normalized spacial score (nSPS) is 12.2. The zero-order valence-electron chi connectivity index (χ0n) is 7.46. The highest BCUT2D eigenvalue weighted by molar-refractivity contribution is 9.09. The summed E-state index contributed by atoms with van der Waals surface area (Å²) in [4.78, 5) is 11.0. The molecule has 0 aliphatic heterocycles. The van der Waals surface area contributed by atoms with E-state index in [-0.39, 0.29) is 11.9 Å². The Kier molecular flexibility index (Phi) is 3.96. The van der Waals surface area contributed by atoms with Crippen molar-refractivity contribution in [3.63, 3.8) is 0 Å². The Morgan fingerprint density at radius 3 is 2.62 bits per heavy atom. The molecule has 1 aromatic carbocycles. The molecule has 1 rings (SSSR count). The summed E-state index contributed by atoms with van der Waals surface area (Å²) in [5.41, 5.74) is 1.12. The summed E-state index contributed by atoms with van der Waals surface area (Å²) in [6, 6.07) is 9.96. The Hall–Kier alpha value is -0.830. The third-order valence-electron chi connectivity index (χ3n) is 1.80. The zero-order chi connectivity index (χ0) is 9.68. The lowest BCUT2D eigenvalue weighted by molar-refractivity contribution is -0.119. The zero-order valence-corrected chi connectivity index (χ0v) is 9.04. The molecule has 1 N–H and O–H groups in total. The van der Waals surface area contributed by atoms with Crippen LogP contribution in [0.15, 0.2) is 30.3 Å². The molecule has 0 bridgehead atoms. The first-order valence-corrected chi connectivity index (χ1v) is 5.26. The van der Waals surface area contributed by atoms with E-state index in [1.54, 1.807) is 0 Å². The van der Waals surface area contributed by atoms with Gasteiger partial charge in [-0.05, 0) is 12.5 Å². The molecule has 0 aliphatic carbocycles. The lowest BCUT2D eigenvalue weighted by atomic mass is 10.1. The maximum absolute atomic E-state index is 11.0. The molecule has 3 heteroatoms. The summed E-state index contributed by atoms with van der Waals surface area (Å²) in [6.07, 6.45) is 0. The maximum atomic E-state index is 11.0. The van der Waals surface area contributed by atoms with Crippen molar-refractivity contribution in [3.8, 4) is 0 Å². The van der Waals surface area contributed by atoms with Crippen LogP contribution >= 0.6 is 15.9 Å². The first-order chi connectivity index (χ1) is 6.24. The van der Waals surface area contributed by atoms with Gasteiger partial charge in [0.15, 0.2) is 0 Å². The number of hydrogen-bond acceptors (Lipinski definition) is 1. The molecule has 1 aromatic rings. The van der Waals surface area contributed by atoms with Crippen LogP contribution in [0.4, 0.5) is 0 Å². The van der Waals surface area contributed by atoms with Crippen LogP contribution in [-0.4, -0.2) is 11.2 Å². The van der Waals surface area contributed by atoms with Crippen molar-refractivity contribution in [2.75, 3.05) is 5.33 Å². The van der Waals surface area contributed by atoms with Crippen LogP contribution in [0.3, 0.4) is 0 Å². The number of carbonyl (C=O) groups is 1. The lowest BCUT2D eigenvalue weighted by Gasteiger charge is -2.12. The molecule has 0 aromatic heterocycles. The van der Waals surface area contributed by atoms with Crippen LogP contribution in [0, 0.1) is 0 Å². The minimum Gasteiger partial charge on any atom is -0.349 e. The van der Waals surface area contributed by atoms with E-state index in [4.69, 9.17) is 0 Å². The first kappa shape index (κ1) is 10.3. The quantitative estimate of drug-likeness (QED) is 0.809. The molecule has 13 heavy (non-hydrogen) atoms. The van der Waals surface area contributed by atoms with Gasteiger partial charge in [0.25, 0.3) is 0 Å². The van der Waals surface area contributed by atoms with E-state index in [1.807, 2.05) is 37.3 Å². The van der Waals surface area contributed by atoms with Gasteiger partial charge in [-0.25, -0.2) is 0 Å². The van der Waals surface area contributed by atoms with E-state index < -0.39 is 0 Å². The van der Waals surface area contributed by atoms with Crippen LogP contribution in [-0.2, 0) is 4.79 Å². The molecule has 2 nitrogen and oxygen atoms in total. The smallest absolute Gasteiger partial charge is 0.231 e. The summed E-state index contributed by atoms with van der Waals surface area (Å²) >= 11 is 3.10. The Morgan fingerprint density at radius 1 is 1.46 bits per heavy atom. The summed E-state index contributed by atoms with van der Waals surface area (Å²) in [6.45, 7) is 1.97. The Morgan fingerprint density at radius 2 is 2.08 bits per heavy atom. The van der Waals surface area contributed by atoms with Gasteiger partial charge in [0.05, 0.1) is 11.4 Å². The number of halogens is 1. The monoisotopic (exact) mass is 241 g/mol. The standard InChI is InChI=1S/C10H12BrNO/c1-8(12-10(13)7-11)9-5-3-2-4-6-9/h2-6,8H,7H2,1H3,(H,12,13)/t8-/m0/s1. The number of amides is 1. The van der Waals surface area contributed by atoms with Gasteiger partial charge >= 0.3 is 0 Å². The van der Waals surface area contributed by atoms with Crippen LogP contribution in [0.1, 0.15) is 18.5 Å². The number of rotatable bonds is 3. The van der Waals surface area contributed by atoms with Gasteiger partial charge < -0.3 is 5.32 Å². The van der Waals surface area contributed by atoms with Gasteiger partial charge in [-0.3, -0.25) is 4.79 Å². The van der Waals surface area contributed by atoms with Gasteiger partial charge in [0.1, 0.15) is 0 Å². The van der Waals surface area contributed by atoms with Crippen molar-refractivity contribution in [1.82, 2.24) is 5.32 Å². The minimum atomic E-state index is 0.0105. The number of benzene rings is 1. The fourth-order valence-corrected chi connectivity index (χ4v) is 1.27. The Labute approximate surface area is 86.5 Å². The van der Waals surface area contributed by atoms with E-state index in [0.29, 0.717) is 5.33 Å². The van der Waals surface area contributed by atoms with E-state index >= 15 is 0 Å². The molecule has 0 spiro atoms. The van der Waals surface area contributed by atoms with Gasteiger partial charge in [0, 0.05) is 0 Å². The minimum absolute atomic E-state index is 0.0105. The second-order valence-electron chi connectivity index (χ2n) is 2.83. The summed E-state index contributed by atoms with van der Waals surface area (Å²) in [5.74, 6) is 0.0105. The lowest BCUT2D eigenvalue weighted by Crippen LogP contribution is -2.27. The van der Waals surface area contributed by atoms with Crippen LogP contribution in [0.2, 0.25) is 0 Å². The molecule has 1 atom stereocenters. The van der Waals surface area contributed by atoms with Gasteiger partial charge in [-0.15, -0.1) is 0 Å². The molecule has 0 unspecified atom stereocenters. The van der Waals surface area contributed by atoms with Gasteiger partial charge in [-0.2, -0.15) is 0 Å². The van der Waals surface area contributed by atoms with Crippen molar-refractivity contribution in [1.29, 1.82) is 0 Å². The molecule has 0 aliphatic rings. The SMILES string of the molecule is C[C@H](NC(=O)CBr)c1ccccc1. The number of nitrogens with one attached hydrogen (secondary N) is 1. The van der Waals surface area contributed by atoms with Crippen LogP contribution in [0.25, 0.3) is 0 Å². The highest BCUT2D eigenvalue weighted by Gasteiger charge is 2.06. The highest BCUT2D eigenvalue weighted by atomic mass is 79.9. The second-order valence-corrected chi connectivity index (χ2v) is 3.39. The number of hydrogen-bond donors (Lipinski definition) is 1. The predicted octanol–water partition coefficient (Wildman–Crippen LogP) is 2.26. The summed E-state index contributed by atoms with van der Waals surface area (Å²) in [5, 5.41) is 3.21. The summed E-state index contributed by atoms with van der Waals surface area (Å²) in [7, 11) is 0. The number of carbonyl (C=O) groups excluding carboxylic acids is 1. The Balaban J connectivity index is 2.59. The van der Waals surface area contributed by atoms with Gasteiger partial charge in [-0.1, -0.05) is 46.3 Å². The molecular formula is C10H12BrNO.